The van der Waals surface area contributed by atoms with Gasteiger partial charge < -0.3 is 25.1 Å². The number of nitrogens with one attached hydrogen (secondary N) is 3. The van der Waals surface area contributed by atoms with E-state index >= 15 is 0 Å². The zero-order valence-corrected chi connectivity index (χ0v) is 18.2. The molecule has 3 aromatic rings. The highest BCUT2D eigenvalue weighted by molar-refractivity contribution is 5.79. The molecule has 0 radical (unpaired) electrons. The summed E-state index contributed by atoms with van der Waals surface area (Å²) in [5.41, 5.74) is 2.72. The highest BCUT2D eigenvalue weighted by atomic mass is 16.5. The molecule has 0 aliphatic heterocycles. The lowest BCUT2D eigenvalue weighted by Crippen LogP contribution is -2.40. The van der Waals surface area contributed by atoms with E-state index < -0.39 is 0 Å². The van der Waals surface area contributed by atoms with Crippen LogP contribution in [-0.2, 0) is 17.8 Å². The Morgan fingerprint density at radius 2 is 1.87 bits per heavy atom. The molecule has 0 saturated carbocycles. The van der Waals surface area contributed by atoms with Gasteiger partial charge in [-0.15, -0.1) is 0 Å². The number of hydrogen-bond acceptors (Lipinski definition) is 4. The number of methoxy groups -OCH3 is 1. The van der Waals surface area contributed by atoms with Crippen LogP contribution in [0.1, 0.15) is 18.9 Å². The number of imidazole rings is 1. The Hall–Kier alpha value is -3.26. The molecule has 0 bridgehead atoms. The lowest BCUT2D eigenvalue weighted by atomic mass is 10.2. The summed E-state index contributed by atoms with van der Waals surface area (Å²) in [6, 6.07) is 15.5. The fraction of sp³-hybridized carbons (Fsp3) is 0.391. The summed E-state index contributed by atoms with van der Waals surface area (Å²) in [4.78, 5) is 19.8. The zero-order chi connectivity index (χ0) is 21.9. The van der Waals surface area contributed by atoms with E-state index in [0.29, 0.717) is 32.2 Å². The van der Waals surface area contributed by atoms with Crippen molar-refractivity contribution in [3.05, 3.63) is 64.6 Å². The normalized spacial score (nSPS) is 11.6. The second-order valence-corrected chi connectivity index (χ2v) is 7.02. The second-order valence-electron chi connectivity index (χ2n) is 7.02. The van der Waals surface area contributed by atoms with E-state index in [1.54, 1.807) is 11.7 Å². The van der Waals surface area contributed by atoms with Crippen LogP contribution in [0.25, 0.3) is 11.0 Å². The van der Waals surface area contributed by atoms with Gasteiger partial charge in [0.25, 0.3) is 0 Å². The minimum atomic E-state index is -0.107. The van der Waals surface area contributed by atoms with Gasteiger partial charge in [-0.25, -0.2) is 9.79 Å². The quantitative estimate of drug-likeness (QED) is 0.249. The Kier molecular flexibility index (Phi) is 8.54. The maximum Gasteiger partial charge on any atom is 0.326 e. The molecule has 0 saturated heterocycles. The molecular weight excluding hydrogens is 394 g/mol. The molecule has 8 nitrogen and oxygen atoms in total. The molecular formula is C23H31N5O3. The monoisotopic (exact) mass is 425 g/mol. The molecule has 2 aromatic carbocycles. The van der Waals surface area contributed by atoms with E-state index in [9.17, 15) is 4.79 Å². The van der Waals surface area contributed by atoms with Gasteiger partial charge in [0, 0.05) is 32.8 Å². The molecule has 1 aromatic heterocycles. The average Bonchev–Trinajstić information content (AvgIpc) is 3.12. The van der Waals surface area contributed by atoms with Crippen molar-refractivity contribution in [1.82, 2.24) is 20.2 Å². The van der Waals surface area contributed by atoms with Crippen molar-refractivity contribution in [3.63, 3.8) is 0 Å². The molecule has 3 N–H and O–H groups in total. The highest BCUT2D eigenvalue weighted by Gasteiger charge is 2.06. The van der Waals surface area contributed by atoms with E-state index in [1.165, 1.54) is 0 Å². The minimum absolute atomic E-state index is 0.107. The van der Waals surface area contributed by atoms with E-state index in [1.807, 2.05) is 55.5 Å². The van der Waals surface area contributed by atoms with Gasteiger partial charge in [-0.3, -0.25) is 4.57 Å². The van der Waals surface area contributed by atoms with Gasteiger partial charge in [0.1, 0.15) is 5.75 Å². The van der Waals surface area contributed by atoms with Crippen molar-refractivity contribution in [1.29, 1.82) is 0 Å². The Balaban J connectivity index is 1.60. The summed E-state index contributed by atoms with van der Waals surface area (Å²) in [5.74, 6) is 1.53. The van der Waals surface area contributed by atoms with E-state index in [-0.39, 0.29) is 5.69 Å². The molecule has 3 rings (SSSR count). The first-order valence-electron chi connectivity index (χ1n) is 10.6. The van der Waals surface area contributed by atoms with Crippen LogP contribution < -0.4 is 21.1 Å². The molecule has 0 aliphatic rings. The fourth-order valence-electron chi connectivity index (χ4n) is 3.22. The Morgan fingerprint density at radius 1 is 1.10 bits per heavy atom. The number of benzene rings is 2. The topological polar surface area (TPSA) is 92.7 Å². The number of fused-ring (bicyclic) bond motifs is 1. The van der Waals surface area contributed by atoms with Gasteiger partial charge >= 0.3 is 5.69 Å². The number of hydrogen-bond donors (Lipinski definition) is 3. The third kappa shape index (κ3) is 6.62. The van der Waals surface area contributed by atoms with Crippen LogP contribution in [0.2, 0.25) is 0 Å². The number of guanidine groups is 1. The largest absolute Gasteiger partial charge is 0.497 e. The molecule has 0 fully saturated rings. The number of H-pyrrole nitrogens is 1. The lowest BCUT2D eigenvalue weighted by molar-refractivity contribution is 0.145. The number of rotatable bonds is 11. The first kappa shape index (κ1) is 22.4. The Bertz CT molecular complexity index is 1020. The van der Waals surface area contributed by atoms with Gasteiger partial charge in [-0.2, -0.15) is 0 Å². The van der Waals surface area contributed by atoms with Gasteiger partial charge in [0.15, 0.2) is 5.96 Å². The number of aromatic nitrogens is 2. The van der Waals surface area contributed by atoms with Crippen LogP contribution >= 0.6 is 0 Å². The predicted octanol–water partition coefficient (Wildman–Crippen LogP) is 2.50. The first-order valence-corrected chi connectivity index (χ1v) is 10.6. The second kappa shape index (κ2) is 11.8. The van der Waals surface area contributed by atoms with Crippen LogP contribution in [-0.4, -0.2) is 48.9 Å². The van der Waals surface area contributed by atoms with Crippen molar-refractivity contribution in [3.8, 4) is 5.75 Å². The third-order valence-electron chi connectivity index (χ3n) is 4.85. The van der Waals surface area contributed by atoms with Crippen LogP contribution in [0.5, 0.6) is 5.75 Å². The molecule has 166 valence electrons. The number of ether oxygens (including phenoxy) is 2. The maximum atomic E-state index is 12.3. The van der Waals surface area contributed by atoms with Crippen molar-refractivity contribution in [2.24, 2.45) is 4.99 Å². The number of aromatic amines is 1. The van der Waals surface area contributed by atoms with Crippen molar-refractivity contribution in [2.75, 3.05) is 33.4 Å². The van der Waals surface area contributed by atoms with Crippen LogP contribution in [0.15, 0.2) is 58.3 Å². The predicted molar refractivity (Wildman–Crippen MR) is 124 cm³/mol. The van der Waals surface area contributed by atoms with Crippen LogP contribution in [0, 0.1) is 0 Å². The van der Waals surface area contributed by atoms with Crippen LogP contribution in [0.4, 0.5) is 0 Å². The summed E-state index contributed by atoms with van der Waals surface area (Å²) in [5, 5.41) is 6.68. The van der Waals surface area contributed by atoms with E-state index in [4.69, 9.17) is 9.47 Å². The van der Waals surface area contributed by atoms with E-state index in [2.05, 4.69) is 20.6 Å². The Morgan fingerprint density at radius 3 is 2.65 bits per heavy atom. The molecule has 8 heteroatoms. The smallest absolute Gasteiger partial charge is 0.326 e. The molecule has 0 atom stereocenters. The van der Waals surface area contributed by atoms with Gasteiger partial charge in [-0.05, 0) is 43.2 Å². The number of nitrogens with zero attached hydrogens (tertiary/aromatic N) is 2. The van der Waals surface area contributed by atoms with Gasteiger partial charge in [0.2, 0.25) is 0 Å². The highest BCUT2D eigenvalue weighted by Crippen LogP contribution is 2.12. The number of aliphatic imine (C=N–C) groups is 1. The molecule has 0 spiro atoms. The average molecular weight is 426 g/mol. The lowest BCUT2D eigenvalue weighted by Gasteiger charge is -2.13. The summed E-state index contributed by atoms with van der Waals surface area (Å²) < 4.78 is 12.3. The standard InChI is InChI=1S/C23H31N5O3/c1-3-31-16-6-13-24-22(26-17-18-9-11-19(30-2)12-10-18)25-14-15-28-21-8-5-4-7-20(21)27-23(28)29/h4-5,7-12H,3,6,13-17H2,1-2H3,(H,27,29)(H2,24,25,26). The zero-order valence-electron chi connectivity index (χ0n) is 18.2. The SMILES string of the molecule is CCOCCCNC(=NCc1ccc(OC)cc1)NCCn1c(=O)[nH]c2ccccc21. The van der Waals surface area contributed by atoms with Crippen molar-refractivity contribution >= 4 is 17.0 Å². The van der Waals surface area contributed by atoms with Crippen molar-refractivity contribution in [2.45, 2.75) is 26.4 Å². The van der Waals surface area contributed by atoms with Gasteiger partial charge in [-0.1, -0.05) is 24.3 Å². The Labute approximate surface area is 182 Å². The van der Waals surface area contributed by atoms with Crippen molar-refractivity contribution < 1.29 is 9.47 Å². The number of para-hydroxylation sites is 2. The molecule has 0 aliphatic carbocycles. The van der Waals surface area contributed by atoms with Crippen LogP contribution in [0.3, 0.4) is 0 Å². The summed E-state index contributed by atoms with van der Waals surface area (Å²) >= 11 is 0. The summed E-state index contributed by atoms with van der Waals surface area (Å²) in [7, 11) is 1.65. The minimum Gasteiger partial charge on any atom is -0.497 e. The summed E-state index contributed by atoms with van der Waals surface area (Å²) in [6.45, 7) is 5.81. The summed E-state index contributed by atoms with van der Waals surface area (Å²) in [6.07, 6.45) is 0.888. The molecule has 31 heavy (non-hydrogen) atoms. The molecule has 0 amide bonds. The third-order valence-corrected chi connectivity index (χ3v) is 4.85. The first-order chi connectivity index (χ1) is 15.2. The molecule has 1 heterocycles. The maximum absolute atomic E-state index is 12.3. The molecule has 0 unspecified atom stereocenters. The van der Waals surface area contributed by atoms with E-state index in [0.717, 1.165) is 41.9 Å². The van der Waals surface area contributed by atoms with Gasteiger partial charge in [0.05, 0.1) is 24.7 Å². The fourth-order valence-corrected chi connectivity index (χ4v) is 3.22.